The first kappa shape index (κ1) is 12.7. The van der Waals surface area contributed by atoms with E-state index in [0.29, 0.717) is 15.6 Å². The van der Waals surface area contributed by atoms with E-state index >= 15 is 0 Å². The van der Waals surface area contributed by atoms with Crippen molar-refractivity contribution < 1.29 is 14.7 Å². The molecule has 0 spiro atoms. The van der Waals surface area contributed by atoms with Crippen molar-refractivity contribution in [3.63, 3.8) is 0 Å². The van der Waals surface area contributed by atoms with Gasteiger partial charge in [-0.3, -0.25) is 0 Å². The van der Waals surface area contributed by atoms with Crippen LogP contribution >= 0.6 is 23.2 Å². The maximum absolute atomic E-state index is 11.3. The number of nitrogens with one attached hydrogen (secondary N) is 2. The lowest BCUT2D eigenvalue weighted by Crippen LogP contribution is -2.43. The van der Waals surface area contributed by atoms with Crippen molar-refractivity contribution in [2.75, 3.05) is 0 Å². The number of carboxylic acid groups (broad SMARTS) is 1. The molecule has 2 rings (SSSR count). The first-order valence-electron chi connectivity index (χ1n) is 4.95. The highest BCUT2D eigenvalue weighted by Gasteiger charge is 2.24. The molecule has 5 nitrogen and oxygen atoms in total. The van der Waals surface area contributed by atoms with E-state index in [9.17, 15) is 9.59 Å². The summed E-state index contributed by atoms with van der Waals surface area (Å²) in [6.45, 7) is 0. The van der Waals surface area contributed by atoms with Crippen LogP contribution in [0.2, 0.25) is 10.0 Å². The smallest absolute Gasteiger partial charge is 0.352 e. The molecule has 0 saturated heterocycles. The molecule has 1 heterocycles. The zero-order valence-electron chi connectivity index (χ0n) is 8.91. The molecule has 0 radical (unpaired) electrons. The Kier molecular flexibility index (Phi) is 3.45. The van der Waals surface area contributed by atoms with Crippen molar-refractivity contribution in [1.29, 1.82) is 0 Å². The Morgan fingerprint density at radius 2 is 2.06 bits per heavy atom. The molecule has 0 saturated carbocycles. The van der Waals surface area contributed by atoms with Crippen LogP contribution in [0.1, 0.15) is 11.6 Å². The van der Waals surface area contributed by atoms with Crippen molar-refractivity contribution in [2.24, 2.45) is 0 Å². The molecule has 0 aliphatic carbocycles. The van der Waals surface area contributed by atoms with E-state index < -0.39 is 18.0 Å². The minimum absolute atomic E-state index is 0.185. The van der Waals surface area contributed by atoms with E-state index in [-0.39, 0.29) is 5.70 Å². The molecular formula is C11H8Cl2N2O3. The van der Waals surface area contributed by atoms with Gasteiger partial charge < -0.3 is 15.7 Å². The number of carbonyl (C=O) groups is 2. The van der Waals surface area contributed by atoms with Gasteiger partial charge in [-0.15, -0.1) is 0 Å². The van der Waals surface area contributed by atoms with Gasteiger partial charge in [-0.25, -0.2) is 9.59 Å². The average molecular weight is 287 g/mol. The third kappa shape index (κ3) is 2.57. The molecule has 3 N–H and O–H groups in total. The molecule has 1 aromatic rings. The van der Waals surface area contributed by atoms with Crippen molar-refractivity contribution in [1.82, 2.24) is 10.6 Å². The van der Waals surface area contributed by atoms with Crippen molar-refractivity contribution in [2.45, 2.75) is 6.04 Å². The molecule has 0 unspecified atom stereocenters. The Morgan fingerprint density at radius 3 is 2.67 bits per heavy atom. The van der Waals surface area contributed by atoms with E-state index in [2.05, 4.69) is 10.6 Å². The fourth-order valence-corrected chi connectivity index (χ4v) is 2.12. The molecule has 18 heavy (non-hydrogen) atoms. The lowest BCUT2D eigenvalue weighted by molar-refractivity contribution is -0.133. The van der Waals surface area contributed by atoms with Gasteiger partial charge in [0.05, 0.1) is 6.04 Å². The largest absolute Gasteiger partial charge is 0.477 e. The van der Waals surface area contributed by atoms with Crippen molar-refractivity contribution in [3.05, 3.63) is 45.6 Å². The zero-order valence-corrected chi connectivity index (χ0v) is 10.4. The number of carboxylic acids is 1. The van der Waals surface area contributed by atoms with E-state index in [1.807, 2.05) is 0 Å². The maximum atomic E-state index is 11.3. The third-order valence-corrected chi connectivity index (χ3v) is 2.96. The highest BCUT2D eigenvalue weighted by Crippen LogP contribution is 2.28. The van der Waals surface area contributed by atoms with Crippen LogP contribution in [0.5, 0.6) is 0 Å². The van der Waals surface area contributed by atoms with Crippen LogP contribution in [-0.4, -0.2) is 17.1 Å². The lowest BCUT2D eigenvalue weighted by Gasteiger charge is -2.23. The Hall–Kier alpha value is -1.72. The molecule has 94 valence electrons. The van der Waals surface area contributed by atoms with Crippen molar-refractivity contribution in [3.8, 4) is 0 Å². The highest BCUT2D eigenvalue weighted by atomic mass is 35.5. The summed E-state index contributed by atoms with van der Waals surface area (Å²) in [6, 6.07) is 3.59. The average Bonchev–Trinajstić information content (AvgIpc) is 2.27. The Morgan fingerprint density at radius 1 is 1.33 bits per heavy atom. The summed E-state index contributed by atoms with van der Waals surface area (Å²) in [5, 5.41) is 14.4. The molecule has 0 aromatic heterocycles. The van der Waals surface area contributed by atoms with Crippen LogP contribution in [0.4, 0.5) is 4.79 Å². The third-order valence-electron chi connectivity index (χ3n) is 2.40. The number of aliphatic carboxylic acids is 1. The van der Waals surface area contributed by atoms with Gasteiger partial charge >= 0.3 is 12.0 Å². The molecule has 1 aliphatic rings. The van der Waals surface area contributed by atoms with Crippen LogP contribution < -0.4 is 10.6 Å². The summed E-state index contributed by atoms with van der Waals surface area (Å²) in [6.07, 6.45) is 1.37. The predicted molar refractivity (Wildman–Crippen MR) is 66.6 cm³/mol. The minimum Gasteiger partial charge on any atom is -0.477 e. The summed E-state index contributed by atoms with van der Waals surface area (Å²) in [4.78, 5) is 22.2. The zero-order chi connectivity index (χ0) is 13.3. The molecule has 0 bridgehead atoms. The molecular weight excluding hydrogens is 279 g/mol. The normalized spacial score (nSPS) is 18.7. The van der Waals surface area contributed by atoms with E-state index in [1.54, 1.807) is 12.1 Å². The number of hydrogen-bond acceptors (Lipinski definition) is 2. The van der Waals surface area contributed by atoms with Gasteiger partial charge in [-0.1, -0.05) is 29.3 Å². The number of amides is 2. The van der Waals surface area contributed by atoms with Gasteiger partial charge in [0.2, 0.25) is 0 Å². The van der Waals surface area contributed by atoms with Gasteiger partial charge in [-0.05, 0) is 23.8 Å². The van der Waals surface area contributed by atoms with E-state index in [0.717, 1.165) is 0 Å². The fraction of sp³-hybridized carbons (Fsp3) is 0.0909. The van der Waals surface area contributed by atoms with Gasteiger partial charge in [0, 0.05) is 10.0 Å². The summed E-state index contributed by atoms with van der Waals surface area (Å²) in [7, 11) is 0. The Balaban J connectivity index is 2.40. The van der Waals surface area contributed by atoms with E-state index in [1.165, 1.54) is 12.1 Å². The van der Waals surface area contributed by atoms with Crippen molar-refractivity contribution >= 4 is 35.2 Å². The van der Waals surface area contributed by atoms with Gasteiger partial charge in [-0.2, -0.15) is 0 Å². The molecule has 7 heteroatoms. The maximum Gasteiger partial charge on any atom is 0.352 e. The second-order valence-corrected chi connectivity index (χ2v) is 4.47. The fourth-order valence-electron chi connectivity index (χ4n) is 1.60. The summed E-state index contributed by atoms with van der Waals surface area (Å²) >= 11 is 11.8. The van der Waals surface area contributed by atoms with E-state index in [4.69, 9.17) is 28.3 Å². The standard InChI is InChI=1S/C11H8Cl2N2O3/c12-5-1-2-6(7(13)3-5)8-4-9(10(16)17)15-11(18)14-8/h1-4,8H,(H,16,17)(H2,14,15,18)/t8-/m1/s1. The number of hydrogen-bond donors (Lipinski definition) is 3. The second kappa shape index (κ2) is 4.88. The quantitative estimate of drug-likeness (QED) is 0.781. The number of carbonyl (C=O) groups excluding carboxylic acids is 1. The first-order valence-corrected chi connectivity index (χ1v) is 5.70. The topological polar surface area (TPSA) is 78.4 Å². The molecule has 1 aromatic carbocycles. The highest BCUT2D eigenvalue weighted by molar-refractivity contribution is 6.35. The minimum atomic E-state index is -1.21. The molecule has 1 aliphatic heterocycles. The summed E-state index contributed by atoms with van der Waals surface area (Å²) in [5.74, 6) is -1.21. The Labute approximate surface area is 112 Å². The van der Waals surface area contributed by atoms with Crippen LogP contribution in [0, 0.1) is 0 Å². The van der Waals surface area contributed by atoms with Crippen LogP contribution in [-0.2, 0) is 4.79 Å². The first-order chi connectivity index (χ1) is 8.47. The lowest BCUT2D eigenvalue weighted by atomic mass is 10.0. The number of benzene rings is 1. The van der Waals surface area contributed by atoms with Gasteiger partial charge in [0.1, 0.15) is 5.70 Å². The Bertz CT molecular complexity index is 557. The van der Waals surface area contributed by atoms with Crippen LogP contribution in [0.3, 0.4) is 0 Å². The number of urea groups is 1. The summed E-state index contributed by atoms with van der Waals surface area (Å²) < 4.78 is 0. The van der Waals surface area contributed by atoms with Crippen LogP contribution in [0.25, 0.3) is 0 Å². The number of halogens is 2. The monoisotopic (exact) mass is 286 g/mol. The predicted octanol–water partition coefficient (Wildman–Crippen LogP) is 2.32. The molecule has 1 atom stereocenters. The van der Waals surface area contributed by atoms with Gasteiger partial charge in [0.25, 0.3) is 0 Å². The molecule has 2 amide bonds. The number of rotatable bonds is 2. The van der Waals surface area contributed by atoms with Gasteiger partial charge in [0.15, 0.2) is 0 Å². The SMILES string of the molecule is O=C1NC(C(=O)O)=C[C@H](c2ccc(Cl)cc2Cl)N1. The second-order valence-electron chi connectivity index (χ2n) is 3.63. The molecule has 0 fully saturated rings. The van der Waals surface area contributed by atoms with Crippen LogP contribution in [0.15, 0.2) is 30.0 Å². The summed E-state index contributed by atoms with van der Waals surface area (Å²) in [5.41, 5.74) is 0.393.